The largest absolute Gasteiger partial charge is 0.444 e. The minimum Gasteiger partial charge on any atom is -0.444 e. The molecule has 2 aromatic rings. The second-order valence-electron chi connectivity index (χ2n) is 10.00. The Labute approximate surface area is 184 Å². The van der Waals surface area contributed by atoms with Gasteiger partial charge in [-0.1, -0.05) is 20.8 Å². The van der Waals surface area contributed by atoms with E-state index in [0.29, 0.717) is 24.5 Å². The van der Waals surface area contributed by atoms with Crippen molar-refractivity contribution in [1.82, 2.24) is 19.4 Å². The maximum atomic E-state index is 12.9. The molecule has 0 unspecified atom stereocenters. The van der Waals surface area contributed by atoms with Crippen LogP contribution in [0.1, 0.15) is 76.7 Å². The lowest BCUT2D eigenvalue weighted by Crippen LogP contribution is -2.42. The van der Waals surface area contributed by atoms with Crippen LogP contribution in [0.3, 0.4) is 0 Å². The minimum absolute atomic E-state index is 0.147. The summed E-state index contributed by atoms with van der Waals surface area (Å²) in [7, 11) is 0. The van der Waals surface area contributed by atoms with Crippen molar-refractivity contribution in [3.05, 3.63) is 42.2 Å². The Bertz CT molecular complexity index is 914. The maximum absolute atomic E-state index is 12.9. The van der Waals surface area contributed by atoms with E-state index in [1.165, 1.54) is 0 Å². The molecule has 0 aliphatic carbocycles. The molecule has 168 valence electrons. The first-order chi connectivity index (χ1) is 14.4. The lowest BCUT2D eigenvalue weighted by Gasteiger charge is -2.34. The summed E-state index contributed by atoms with van der Waals surface area (Å²) >= 11 is 0. The van der Waals surface area contributed by atoms with Crippen LogP contribution in [0, 0.1) is 0 Å². The fraction of sp³-hybridized carbons (Fsp3) is 0.565. The Hall–Kier alpha value is -2.90. The summed E-state index contributed by atoms with van der Waals surface area (Å²) in [6.07, 6.45) is 6.43. The van der Waals surface area contributed by atoms with Crippen LogP contribution in [0.2, 0.25) is 0 Å². The monoisotopic (exact) mass is 427 g/mol. The molecule has 1 fully saturated rings. The molecule has 0 atom stereocenters. The van der Waals surface area contributed by atoms with Gasteiger partial charge < -0.3 is 19.5 Å². The second kappa shape index (κ2) is 8.69. The van der Waals surface area contributed by atoms with E-state index >= 15 is 0 Å². The summed E-state index contributed by atoms with van der Waals surface area (Å²) in [6.45, 7) is 12.9. The number of hydrogen-bond donors (Lipinski definition) is 1. The summed E-state index contributed by atoms with van der Waals surface area (Å²) in [5, 5.41) is 2.89. The van der Waals surface area contributed by atoms with Crippen LogP contribution >= 0.6 is 0 Å². The standard InChI is InChI=1S/C23H33N5O3/c1-22(2,3)20-24-14-16(15-25-20)26-19(29)18-8-7-11-28(18)17-9-12-27(13-10-17)21(30)31-23(4,5)6/h7-8,11,14-15,17H,9-10,12-13H2,1-6H3,(H,26,29). The van der Waals surface area contributed by atoms with Crippen molar-refractivity contribution in [3.63, 3.8) is 0 Å². The van der Waals surface area contributed by atoms with E-state index in [0.717, 1.165) is 18.7 Å². The van der Waals surface area contributed by atoms with Crippen molar-refractivity contribution < 1.29 is 14.3 Å². The molecule has 2 amide bonds. The number of hydrogen-bond acceptors (Lipinski definition) is 5. The Morgan fingerprint density at radius 2 is 1.68 bits per heavy atom. The number of piperidine rings is 1. The number of carbonyl (C=O) groups excluding carboxylic acids is 2. The zero-order chi connectivity index (χ0) is 22.8. The fourth-order valence-electron chi connectivity index (χ4n) is 3.53. The van der Waals surface area contributed by atoms with Gasteiger partial charge in [-0.2, -0.15) is 0 Å². The molecule has 0 bridgehead atoms. The molecule has 0 radical (unpaired) electrons. The summed E-state index contributed by atoms with van der Waals surface area (Å²) in [5.41, 5.74) is 0.487. The number of carbonyl (C=O) groups is 2. The number of amides is 2. The molecule has 1 aliphatic rings. The number of ether oxygens (including phenoxy) is 1. The van der Waals surface area contributed by atoms with Crippen LogP contribution in [0.5, 0.6) is 0 Å². The molecular formula is C23H33N5O3. The van der Waals surface area contributed by atoms with Gasteiger partial charge >= 0.3 is 6.09 Å². The first-order valence-electron chi connectivity index (χ1n) is 10.7. The predicted octanol–water partition coefficient (Wildman–Crippen LogP) is 4.40. The van der Waals surface area contributed by atoms with Gasteiger partial charge in [0.25, 0.3) is 5.91 Å². The molecule has 8 nitrogen and oxygen atoms in total. The smallest absolute Gasteiger partial charge is 0.410 e. The quantitative estimate of drug-likeness (QED) is 0.784. The second-order valence-corrected chi connectivity index (χ2v) is 10.00. The van der Waals surface area contributed by atoms with Gasteiger partial charge in [0.15, 0.2) is 0 Å². The first kappa shape index (κ1) is 22.8. The van der Waals surface area contributed by atoms with Crippen molar-refractivity contribution in [2.75, 3.05) is 18.4 Å². The van der Waals surface area contributed by atoms with Crippen LogP contribution < -0.4 is 5.32 Å². The van der Waals surface area contributed by atoms with Crippen LogP contribution in [0.25, 0.3) is 0 Å². The van der Waals surface area contributed by atoms with Crippen LogP contribution in [0.15, 0.2) is 30.7 Å². The van der Waals surface area contributed by atoms with E-state index in [4.69, 9.17) is 4.74 Å². The molecule has 0 saturated carbocycles. The van der Waals surface area contributed by atoms with E-state index in [1.54, 1.807) is 23.4 Å². The summed E-state index contributed by atoms with van der Waals surface area (Å²) < 4.78 is 7.46. The normalized spacial score (nSPS) is 15.6. The lowest BCUT2D eigenvalue weighted by atomic mass is 9.96. The molecule has 0 aromatic carbocycles. The van der Waals surface area contributed by atoms with Gasteiger partial charge in [0, 0.05) is 30.7 Å². The number of rotatable bonds is 3. The summed E-state index contributed by atoms with van der Waals surface area (Å²) in [4.78, 5) is 35.6. The molecule has 3 heterocycles. The van der Waals surface area contributed by atoms with E-state index in [2.05, 4.69) is 15.3 Å². The third-order valence-electron chi connectivity index (χ3n) is 5.10. The minimum atomic E-state index is -0.506. The lowest BCUT2D eigenvalue weighted by molar-refractivity contribution is 0.0187. The Morgan fingerprint density at radius 1 is 1.06 bits per heavy atom. The van der Waals surface area contributed by atoms with Crippen LogP contribution in [-0.2, 0) is 10.2 Å². The average Bonchev–Trinajstić information content (AvgIpc) is 3.16. The average molecular weight is 428 g/mol. The molecule has 1 aliphatic heterocycles. The van der Waals surface area contributed by atoms with Crippen molar-refractivity contribution in [3.8, 4) is 0 Å². The van der Waals surface area contributed by atoms with Gasteiger partial charge in [0.2, 0.25) is 0 Å². The predicted molar refractivity (Wildman–Crippen MR) is 119 cm³/mol. The molecular weight excluding hydrogens is 394 g/mol. The van der Waals surface area contributed by atoms with Crippen LogP contribution in [0.4, 0.5) is 10.5 Å². The van der Waals surface area contributed by atoms with Gasteiger partial charge in [0.05, 0.1) is 18.1 Å². The van der Waals surface area contributed by atoms with Gasteiger partial charge in [-0.05, 0) is 45.7 Å². The van der Waals surface area contributed by atoms with E-state index in [9.17, 15) is 9.59 Å². The maximum Gasteiger partial charge on any atom is 0.410 e. The van der Waals surface area contributed by atoms with Gasteiger partial charge in [0.1, 0.15) is 17.1 Å². The Kier molecular flexibility index (Phi) is 6.38. The molecule has 8 heteroatoms. The highest BCUT2D eigenvalue weighted by molar-refractivity contribution is 6.03. The fourth-order valence-corrected chi connectivity index (χ4v) is 3.53. The van der Waals surface area contributed by atoms with Crippen molar-refractivity contribution in [2.45, 2.75) is 71.4 Å². The van der Waals surface area contributed by atoms with Gasteiger partial charge in [-0.3, -0.25) is 4.79 Å². The number of nitrogens with zero attached hydrogens (tertiary/aromatic N) is 4. The van der Waals surface area contributed by atoms with E-state index in [-0.39, 0.29) is 23.5 Å². The zero-order valence-electron chi connectivity index (χ0n) is 19.3. The van der Waals surface area contributed by atoms with Crippen LogP contribution in [-0.4, -0.2) is 50.1 Å². The third-order valence-corrected chi connectivity index (χ3v) is 5.10. The molecule has 1 N–H and O–H groups in total. The Balaban J connectivity index is 1.62. The highest BCUT2D eigenvalue weighted by Gasteiger charge is 2.28. The van der Waals surface area contributed by atoms with E-state index in [1.807, 2.05) is 58.4 Å². The summed E-state index contributed by atoms with van der Waals surface area (Å²) in [5.74, 6) is 0.525. The molecule has 0 spiro atoms. The molecule has 31 heavy (non-hydrogen) atoms. The number of likely N-dealkylation sites (tertiary alicyclic amines) is 1. The third kappa shape index (κ3) is 5.83. The highest BCUT2D eigenvalue weighted by atomic mass is 16.6. The summed E-state index contributed by atoms with van der Waals surface area (Å²) in [6, 6.07) is 3.82. The number of aromatic nitrogens is 3. The molecule has 3 rings (SSSR count). The molecule has 2 aromatic heterocycles. The van der Waals surface area contributed by atoms with Crippen molar-refractivity contribution in [1.29, 1.82) is 0 Å². The molecule has 1 saturated heterocycles. The van der Waals surface area contributed by atoms with E-state index < -0.39 is 5.60 Å². The zero-order valence-corrected chi connectivity index (χ0v) is 19.3. The SMILES string of the molecule is CC(C)(C)OC(=O)N1CCC(n2cccc2C(=O)Nc2cnc(C(C)(C)C)nc2)CC1. The highest BCUT2D eigenvalue weighted by Crippen LogP contribution is 2.26. The van der Waals surface area contributed by atoms with Gasteiger partial charge in [-0.25, -0.2) is 14.8 Å². The number of nitrogens with one attached hydrogen (secondary N) is 1. The Morgan fingerprint density at radius 3 is 2.23 bits per heavy atom. The first-order valence-corrected chi connectivity index (χ1v) is 10.7. The van der Waals surface area contributed by atoms with Gasteiger partial charge in [-0.15, -0.1) is 0 Å². The van der Waals surface area contributed by atoms with Crippen molar-refractivity contribution >= 4 is 17.7 Å². The van der Waals surface area contributed by atoms with Crippen molar-refractivity contribution in [2.24, 2.45) is 0 Å². The topological polar surface area (TPSA) is 89.4 Å². The number of anilines is 1.